The first-order valence-electron chi connectivity index (χ1n) is 11.0. The first-order valence-corrected chi connectivity index (χ1v) is 11.0. The molecule has 2 heterocycles. The Balaban J connectivity index is 1.58. The second-order valence-corrected chi connectivity index (χ2v) is 7.35. The van der Waals surface area contributed by atoms with Crippen LogP contribution in [0.2, 0.25) is 0 Å². The molecule has 0 aliphatic heterocycles. The normalized spacial score (nSPS) is 10.9. The highest BCUT2D eigenvalue weighted by Gasteiger charge is 2.16. The number of nitrogens with one attached hydrogen (secondary N) is 2. The molecule has 0 radical (unpaired) electrons. The van der Waals surface area contributed by atoms with Gasteiger partial charge in [-0.15, -0.1) is 0 Å². The average Bonchev–Trinajstić information content (AvgIpc) is 3.43. The molecule has 0 fully saturated rings. The zero-order valence-corrected chi connectivity index (χ0v) is 19.3. The van der Waals surface area contributed by atoms with E-state index in [9.17, 15) is 4.79 Å². The number of hydrogen-bond donors (Lipinski definition) is 2. The molecule has 2 aromatic carbocycles. The van der Waals surface area contributed by atoms with Crippen LogP contribution >= 0.6 is 0 Å². The highest BCUT2D eigenvalue weighted by molar-refractivity contribution is 6.04. The topological polar surface area (TPSA) is 90.4 Å². The van der Waals surface area contributed by atoms with Crippen LogP contribution in [0.3, 0.4) is 0 Å². The van der Waals surface area contributed by atoms with E-state index in [2.05, 4.69) is 33.1 Å². The Morgan fingerprint density at radius 1 is 1.00 bits per heavy atom. The van der Waals surface area contributed by atoms with Crippen molar-refractivity contribution < 1.29 is 19.0 Å². The highest BCUT2D eigenvalue weighted by atomic mass is 16.5. The molecular formula is C25H28N4O4. The molecule has 1 amide bonds. The van der Waals surface area contributed by atoms with Gasteiger partial charge in [0.25, 0.3) is 5.91 Å². The molecule has 172 valence electrons. The molecule has 4 aromatic rings. The minimum Gasteiger partial charge on any atom is -0.497 e. The van der Waals surface area contributed by atoms with Gasteiger partial charge in [-0.05, 0) is 63.2 Å². The largest absolute Gasteiger partial charge is 0.497 e. The zero-order chi connectivity index (χ0) is 23.4. The molecule has 0 bridgehead atoms. The van der Waals surface area contributed by atoms with Crippen molar-refractivity contribution in [2.75, 3.05) is 25.6 Å². The van der Waals surface area contributed by atoms with E-state index >= 15 is 0 Å². The summed E-state index contributed by atoms with van der Waals surface area (Å²) >= 11 is 0. The number of hydrogen-bond acceptors (Lipinski definition) is 5. The summed E-state index contributed by atoms with van der Waals surface area (Å²) in [5, 5.41) is 11.3. The zero-order valence-electron chi connectivity index (χ0n) is 19.3. The third-order valence-corrected chi connectivity index (χ3v) is 5.33. The van der Waals surface area contributed by atoms with Gasteiger partial charge in [0.05, 0.1) is 31.7 Å². The number of carbonyl (C=O) groups excluding carboxylic acids is 1. The van der Waals surface area contributed by atoms with E-state index in [0.717, 1.165) is 34.6 Å². The summed E-state index contributed by atoms with van der Waals surface area (Å²) < 4.78 is 18.7. The lowest BCUT2D eigenvalue weighted by Gasteiger charge is -2.12. The summed E-state index contributed by atoms with van der Waals surface area (Å²) in [5.41, 5.74) is 3.35. The van der Waals surface area contributed by atoms with Crippen LogP contribution < -0.4 is 19.5 Å². The van der Waals surface area contributed by atoms with E-state index in [1.807, 2.05) is 38.1 Å². The minimum absolute atomic E-state index is 0.280. The fourth-order valence-corrected chi connectivity index (χ4v) is 3.84. The molecule has 0 spiro atoms. The molecule has 2 aromatic heterocycles. The van der Waals surface area contributed by atoms with Crippen molar-refractivity contribution in [2.45, 2.75) is 27.3 Å². The van der Waals surface area contributed by atoms with E-state index in [0.29, 0.717) is 36.1 Å². The molecule has 33 heavy (non-hydrogen) atoms. The third-order valence-electron chi connectivity index (χ3n) is 5.33. The molecular weight excluding hydrogens is 420 g/mol. The summed E-state index contributed by atoms with van der Waals surface area (Å²) in [4.78, 5) is 12.8. The standard InChI is InChI=1S/C25H28N4O4/c1-5-29-20-10-9-18(31-4)12-17(20)13-21(29)19-15-24(28-27-19)26-25(30)16-8-11-22(32-6-2)23(14-16)33-7-3/h8-15H,5-7H2,1-4H3,(H2,26,27,28,30). The van der Waals surface area contributed by atoms with Gasteiger partial charge in [0, 0.05) is 29.1 Å². The van der Waals surface area contributed by atoms with Crippen molar-refractivity contribution in [2.24, 2.45) is 0 Å². The predicted molar refractivity (Wildman–Crippen MR) is 128 cm³/mol. The Kier molecular flexibility index (Phi) is 6.53. The Labute approximate surface area is 192 Å². The second kappa shape index (κ2) is 9.68. The number of aromatic amines is 1. The number of amides is 1. The van der Waals surface area contributed by atoms with Crippen LogP contribution in [0.25, 0.3) is 22.3 Å². The Bertz CT molecular complexity index is 1270. The number of aromatic nitrogens is 3. The fraction of sp³-hybridized carbons (Fsp3) is 0.280. The van der Waals surface area contributed by atoms with Crippen molar-refractivity contribution in [1.82, 2.24) is 14.8 Å². The predicted octanol–water partition coefficient (Wildman–Crippen LogP) is 5.11. The van der Waals surface area contributed by atoms with Gasteiger partial charge < -0.3 is 24.1 Å². The summed E-state index contributed by atoms with van der Waals surface area (Å²) in [7, 11) is 1.66. The van der Waals surface area contributed by atoms with Crippen LogP contribution in [0.15, 0.2) is 48.5 Å². The maximum Gasteiger partial charge on any atom is 0.257 e. The fourth-order valence-electron chi connectivity index (χ4n) is 3.84. The van der Waals surface area contributed by atoms with Crippen molar-refractivity contribution >= 4 is 22.6 Å². The number of methoxy groups -OCH3 is 1. The van der Waals surface area contributed by atoms with Gasteiger partial charge in [0.1, 0.15) is 5.75 Å². The molecule has 8 nitrogen and oxygen atoms in total. The van der Waals surface area contributed by atoms with E-state index < -0.39 is 0 Å². The number of carbonyl (C=O) groups is 1. The summed E-state index contributed by atoms with van der Waals surface area (Å²) in [6, 6.07) is 15.0. The average molecular weight is 449 g/mol. The summed E-state index contributed by atoms with van der Waals surface area (Å²) in [6.45, 7) is 7.67. The van der Waals surface area contributed by atoms with E-state index in [1.54, 1.807) is 25.3 Å². The Hall–Kier alpha value is -3.94. The number of ether oxygens (including phenoxy) is 3. The van der Waals surface area contributed by atoms with Gasteiger partial charge in [-0.25, -0.2) is 0 Å². The molecule has 0 aliphatic carbocycles. The molecule has 0 atom stereocenters. The van der Waals surface area contributed by atoms with Crippen LogP contribution in [0.5, 0.6) is 17.2 Å². The second-order valence-electron chi connectivity index (χ2n) is 7.35. The number of rotatable bonds is 9. The molecule has 4 rings (SSSR count). The van der Waals surface area contributed by atoms with Gasteiger partial charge in [0.2, 0.25) is 0 Å². The number of nitrogens with zero attached hydrogens (tertiary/aromatic N) is 2. The smallest absolute Gasteiger partial charge is 0.257 e. The number of fused-ring (bicyclic) bond motifs is 1. The number of H-pyrrole nitrogens is 1. The van der Waals surface area contributed by atoms with Crippen LogP contribution in [-0.4, -0.2) is 41.0 Å². The molecule has 8 heteroatoms. The maximum atomic E-state index is 12.8. The summed E-state index contributed by atoms with van der Waals surface area (Å²) in [5.74, 6) is 2.12. The monoisotopic (exact) mass is 448 g/mol. The van der Waals surface area contributed by atoms with Crippen LogP contribution in [0, 0.1) is 0 Å². The van der Waals surface area contributed by atoms with Gasteiger partial charge >= 0.3 is 0 Å². The number of aryl methyl sites for hydroxylation is 1. The maximum absolute atomic E-state index is 12.8. The third kappa shape index (κ3) is 4.50. The lowest BCUT2D eigenvalue weighted by atomic mass is 10.2. The SMILES string of the molecule is CCOc1ccc(C(=O)Nc2cc(-c3cc4cc(OC)ccc4n3CC)[nH]n2)cc1OCC. The van der Waals surface area contributed by atoms with E-state index in [1.165, 1.54) is 0 Å². The quantitative estimate of drug-likeness (QED) is 0.371. The van der Waals surface area contributed by atoms with Crippen LogP contribution in [-0.2, 0) is 6.54 Å². The van der Waals surface area contributed by atoms with Gasteiger partial charge in [-0.2, -0.15) is 5.10 Å². The lowest BCUT2D eigenvalue weighted by molar-refractivity contribution is 0.102. The van der Waals surface area contributed by atoms with Crippen LogP contribution in [0.4, 0.5) is 5.82 Å². The Morgan fingerprint density at radius 3 is 2.52 bits per heavy atom. The molecule has 0 saturated heterocycles. The van der Waals surface area contributed by atoms with Crippen LogP contribution in [0.1, 0.15) is 31.1 Å². The van der Waals surface area contributed by atoms with Crippen molar-refractivity contribution in [3.8, 4) is 28.6 Å². The molecule has 0 unspecified atom stereocenters. The minimum atomic E-state index is -0.280. The van der Waals surface area contributed by atoms with Crippen molar-refractivity contribution in [3.05, 3.63) is 54.1 Å². The first kappa shape index (κ1) is 22.3. The highest BCUT2D eigenvalue weighted by Crippen LogP contribution is 2.31. The lowest BCUT2D eigenvalue weighted by Crippen LogP contribution is -2.12. The Morgan fingerprint density at radius 2 is 1.79 bits per heavy atom. The van der Waals surface area contributed by atoms with Crippen molar-refractivity contribution in [1.29, 1.82) is 0 Å². The van der Waals surface area contributed by atoms with Crippen molar-refractivity contribution in [3.63, 3.8) is 0 Å². The molecule has 0 aliphatic rings. The number of anilines is 1. The van der Waals surface area contributed by atoms with E-state index in [-0.39, 0.29) is 5.91 Å². The number of benzene rings is 2. The van der Waals surface area contributed by atoms with Gasteiger partial charge in [-0.1, -0.05) is 0 Å². The van der Waals surface area contributed by atoms with Gasteiger partial charge in [-0.3, -0.25) is 9.89 Å². The molecule has 2 N–H and O–H groups in total. The van der Waals surface area contributed by atoms with E-state index in [4.69, 9.17) is 14.2 Å². The van der Waals surface area contributed by atoms with Gasteiger partial charge in [0.15, 0.2) is 17.3 Å². The molecule has 0 saturated carbocycles. The first-order chi connectivity index (χ1) is 16.1. The summed E-state index contributed by atoms with van der Waals surface area (Å²) in [6.07, 6.45) is 0.